The minimum atomic E-state index is 0.368. The summed E-state index contributed by atoms with van der Waals surface area (Å²) in [5.74, 6) is 1.34. The first kappa shape index (κ1) is 8.30. The molecule has 1 aromatic rings. The van der Waals surface area contributed by atoms with E-state index in [1.165, 1.54) is 5.56 Å². The lowest BCUT2D eigenvalue weighted by Gasteiger charge is -2.23. The van der Waals surface area contributed by atoms with Crippen LogP contribution in [0.1, 0.15) is 12.0 Å². The van der Waals surface area contributed by atoms with Crippen molar-refractivity contribution in [3.8, 4) is 5.75 Å². The van der Waals surface area contributed by atoms with E-state index in [9.17, 15) is 4.79 Å². The number of ether oxygens (including phenoxy) is 1. The van der Waals surface area contributed by atoms with Gasteiger partial charge in [0.25, 0.3) is 0 Å². The zero-order valence-electron chi connectivity index (χ0n) is 7.40. The summed E-state index contributed by atoms with van der Waals surface area (Å²) >= 11 is 0. The molecule has 1 aromatic carbocycles. The van der Waals surface area contributed by atoms with Gasteiger partial charge >= 0.3 is 0 Å². The van der Waals surface area contributed by atoms with Crippen LogP contribution in [0.5, 0.6) is 5.75 Å². The zero-order chi connectivity index (χ0) is 9.10. The van der Waals surface area contributed by atoms with Crippen molar-refractivity contribution in [1.29, 1.82) is 0 Å². The average molecular weight is 176 g/mol. The number of para-hydroxylation sites is 1. The van der Waals surface area contributed by atoms with Crippen molar-refractivity contribution in [3.63, 3.8) is 0 Å². The molecule has 0 amide bonds. The molecule has 0 saturated heterocycles. The maximum Gasteiger partial charge on any atom is 0.122 e. The summed E-state index contributed by atoms with van der Waals surface area (Å²) in [7, 11) is 0. The molecule has 1 heterocycles. The number of hydrogen-bond acceptors (Lipinski definition) is 2. The van der Waals surface area contributed by atoms with E-state index in [1.807, 2.05) is 18.2 Å². The number of fused-ring (bicyclic) bond motifs is 1. The molecule has 0 aliphatic carbocycles. The fraction of sp³-hybridized carbons (Fsp3) is 0.364. The summed E-state index contributed by atoms with van der Waals surface area (Å²) in [6, 6.07) is 8.02. The molecule has 2 rings (SSSR count). The van der Waals surface area contributed by atoms with Crippen molar-refractivity contribution in [3.05, 3.63) is 29.8 Å². The summed E-state index contributed by atoms with van der Waals surface area (Å²) in [5.41, 5.74) is 1.22. The van der Waals surface area contributed by atoms with E-state index in [2.05, 4.69) is 6.07 Å². The Labute approximate surface area is 77.5 Å². The number of hydrogen-bond donors (Lipinski definition) is 0. The van der Waals surface area contributed by atoms with Crippen LogP contribution in [0.3, 0.4) is 0 Å². The highest BCUT2D eigenvalue weighted by molar-refractivity contribution is 5.50. The van der Waals surface area contributed by atoms with Gasteiger partial charge in [0.2, 0.25) is 0 Å². The second-order valence-corrected chi connectivity index (χ2v) is 3.39. The summed E-state index contributed by atoms with van der Waals surface area (Å²) in [6.07, 6.45) is 2.55. The monoisotopic (exact) mass is 176 g/mol. The topological polar surface area (TPSA) is 26.3 Å². The zero-order valence-corrected chi connectivity index (χ0v) is 7.40. The first-order valence-electron chi connectivity index (χ1n) is 4.54. The largest absolute Gasteiger partial charge is 0.493 e. The molecule has 13 heavy (non-hydrogen) atoms. The molecule has 0 fully saturated rings. The van der Waals surface area contributed by atoms with Crippen molar-refractivity contribution >= 4 is 6.29 Å². The van der Waals surface area contributed by atoms with Crippen molar-refractivity contribution in [2.45, 2.75) is 12.8 Å². The third-order valence-corrected chi connectivity index (χ3v) is 2.39. The maximum atomic E-state index is 10.3. The Morgan fingerprint density at radius 3 is 3.15 bits per heavy atom. The van der Waals surface area contributed by atoms with Crippen LogP contribution in [0.15, 0.2) is 24.3 Å². The van der Waals surface area contributed by atoms with Gasteiger partial charge in [-0.2, -0.15) is 0 Å². The summed E-state index contributed by atoms with van der Waals surface area (Å²) in [4.78, 5) is 10.3. The van der Waals surface area contributed by atoms with Gasteiger partial charge in [-0.05, 0) is 18.1 Å². The fourth-order valence-electron chi connectivity index (χ4n) is 1.68. The molecule has 1 atom stereocenters. The number of benzene rings is 1. The van der Waals surface area contributed by atoms with Crippen LogP contribution in [0, 0.1) is 5.92 Å². The lowest BCUT2D eigenvalue weighted by atomic mass is 9.95. The summed E-state index contributed by atoms with van der Waals surface area (Å²) in [6.45, 7) is 0.676. The molecule has 0 saturated carbocycles. The van der Waals surface area contributed by atoms with E-state index in [-0.39, 0.29) is 0 Å². The summed E-state index contributed by atoms with van der Waals surface area (Å²) in [5, 5.41) is 0. The minimum Gasteiger partial charge on any atom is -0.493 e. The molecule has 1 unspecified atom stereocenters. The van der Waals surface area contributed by atoms with Gasteiger partial charge in [-0.15, -0.1) is 0 Å². The van der Waals surface area contributed by atoms with Gasteiger partial charge in [0.05, 0.1) is 6.61 Å². The Balaban J connectivity index is 2.15. The molecule has 0 spiro atoms. The fourth-order valence-corrected chi connectivity index (χ4v) is 1.68. The number of carbonyl (C=O) groups is 1. The Bertz CT molecular complexity index is 307. The minimum absolute atomic E-state index is 0.368. The van der Waals surface area contributed by atoms with Gasteiger partial charge in [-0.3, -0.25) is 0 Å². The second-order valence-electron chi connectivity index (χ2n) is 3.39. The first-order valence-corrected chi connectivity index (χ1v) is 4.54. The van der Waals surface area contributed by atoms with E-state index >= 15 is 0 Å². The highest BCUT2D eigenvalue weighted by atomic mass is 16.5. The van der Waals surface area contributed by atoms with Crippen molar-refractivity contribution in [2.24, 2.45) is 5.92 Å². The van der Waals surface area contributed by atoms with E-state index in [0.717, 1.165) is 18.5 Å². The number of aldehydes is 1. The van der Waals surface area contributed by atoms with Gasteiger partial charge in [0.15, 0.2) is 0 Å². The van der Waals surface area contributed by atoms with Crippen LogP contribution >= 0.6 is 0 Å². The number of carbonyl (C=O) groups excluding carboxylic acids is 1. The molecule has 2 nitrogen and oxygen atoms in total. The molecular weight excluding hydrogens is 164 g/mol. The predicted octanol–water partition coefficient (Wildman–Crippen LogP) is 1.83. The Morgan fingerprint density at radius 2 is 2.31 bits per heavy atom. The van der Waals surface area contributed by atoms with Crippen LogP contribution in [0.2, 0.25) is 0 Å². The molecule has 0 radical (unpaired) electrons. The average Bonchev–Trinajstić information content (AvgIpc) is 2.18. The molecule has 1 aliphatic heterocycles. The van der Waals surface area contributed by atoms with Crippen LogP contribution < -0.4 is 4.74 Å². The first-order chi connectivity index (χ1) is 6.40. The van der Waals surface area contributed by atoms with Crippen LogP contribution in [-0.2, 0) is 11.2 Å². The Morgan fingerprint density at radius 1 is 1.46 bits per heavy atom. The highest BCUT2D eigenvalue weighted by Crippen LogP contribution is 2.27. The van der Waals surface area contributed by atoms with Crippen LogP contribution in [0.25, 0.3) is 0 Å². The normalized spacial score (nSPS) is 20.2. The third-order valence-electron chi connectivity index (χ3n) is 2.39. The maximum absolute atomic E-state index is 10.3. The highest BCUT2D eigenvalue weighted by Gasteiger charge is 2.18. The van der Waals surface area contributed by atoms with Crippen molar-refractivity contribution in [1.82, 2.24) is 0 Å². The van der Waals surface area contributed by atoms with Gasteiger partial charge < -0.3 is 9.53 Å². The van der Waals surface area contributed by atoms with E-state index < -0.39 is 0 Å². The molecule has 0 bridgehead atoms. The quantitative estimate of drug-likeness (QED) is 0.642. The summed E-state index contributed by atoms with van der Waals surface area (Å²) < 4.78 is 5.53. The van der Waals surface area contributed by atoms with Crippen LogP contribution in [0.4, 0.5) is 0 Å². The second kappa shape index (κ2) is 3.60. The van der Waals surface area contributed by atoms with E-state index in [1.54, 1.807) is 0 Å². The molecular formula is C11H12O2. The molecule has 0 aromatic heterocycles. The molecule has 0 N–H and O–H groups in total. The van der Waals surface area contributed by atoms with Gasteiger partial charge in [0.1, 0.15) is 12.0 Å². The number of rotatable bonds is 2. The molecule has 68 valence electrons. The van der Waals surface area contributed by atoms with Gasteiger partial charge in [-0.1, -0.05) is 18.2 Å². The molecule has 1 aliphatic rings. The standard InChI is InChI=1S/C11H12O2/c12-6-5-9-7-10-3-1-2-4-11(10)13-8-9/h1-4,6,9H,5,7-8H2. The lowest BCUT2D eigenvalue weighted by Crippen LogP contribution is -2.20. The third kappa shape index (κ3) is 1.72. The Hall–Kier alpha value is -1.31. The predicted molar refractivity (Wildman–Crippen MR) is 49.8 cm³/mol. The smallest absolute Gasteiger partial charge is 0.122 e. The van der Waals surface area contributed by atoms with Crippen molar-refractivity contribution < 1.29 is 9.53 Å². The lowest BCUT2D eigenvalue weighted by molar-refractivity contribution is -0.108. The molecule has 2 heteroatoms. The van der Waals surface area contributed by atoms with E-state index in [4.69, 9.17) is 4.74 Å². The van der Waals surface area contributed by atoms with Gasteiger partial charge in [-0.25, -0.2) is 0 Å². The van der Waals surface area contributed by atoms with Crippen LogP contribution in [-0.4, -0.2) is 12.9 Å². The Kier molecular flexibility index (Phi) is 2.30. The van der Waals surface area contributed by atoms with E-state index in [0.29, 0.717) is 18.9 Å². The SMILES string of the molecule is O=CCC1COc2ccccc2C1. The van der Waals surface area contributed by atoms with Crippen molar-refractivity contribution in [2.75, 3.05) is 6.61 Å². The van der Waals surface area contributed by atoms with Gasteiger partial charge in [0, 0.05) is 12.3 Å².